The van der Waals surface area contributed by atoms with E-state index in [-0.39, 0.29) is 35.1 Å². The molecule has 158 valence electrons. The Morgan fingerprint density at radius 2 is 1.80 bits per heavy atom. The van der Waals surface area contributed by atoms with Crippen molar-refractivity contribution in [2.75, 3.05) is 16.4 Å². The van der Waals surface area contributed by atoms with Gasteiger partial charge in [0.05, 0.1) is 24.0 Å². The van der Waals surface area contributed by atoms with E-state index < -0.39 is 9.84 Å². The first-order valence-corrected chi connectivity index (χ1v) is 12.9. The maximum absolute atomic E-state index is 12.6. The zero-order valence-electron chi connectivity index (χ0n) is 16.8. The summed E-state index contributed by atoms with van der Waals surface area (Å²) in [5.41, 5.74) is 2.92. The van der Waals surface area contributed by atoms with Crippen molar-refractivity contribution < 1.29 is 13.2 Å². The Bertz CT molecular complexity index is 1080. The van der Waals surface area contributed by atoms with E-state index in [1.807, 2.05) is 29.2 Å². The number of thioether (sulfide) groups is 1. The summed E-state index contributed by atoms with van der Waals surface area (Å²) >= 11 is 7.30. The van der Waals surface area contributed by atoms with Gasteiger partial charge >= 0.3 is 0 Å². The SMILES string of the molecule is CC(C)c1ccc(N2C(=NC(=O)Cc3ccc(Cl)cc3)SC3CS(=O)(=O)CC32)cc1. The molecule has 2 aromatic rings. The molecular formula is C22H23ClN2O3S2. The normalized spacial score (nSPS) is 23.9. The highest BCUT2D eigenvalue weighted by Gasteiger charge is 2.49. The van der Waals surface area contributed by atoms with Gasteiger partial charge in [-0.25, -0.2) is 8.42 Å². The third-order valence-corrected chi connectivity index (χ3v) is 8.86. The number of hydrogen-bond donors (Lipinski definition) is 0. The second-order valence-corrected chi connectivity index (χ2v) is 11.8. The fourth-order valence-corrected chi connectivity index (χ4v) is 7.87. The van der Waals surface area contributed by atoms with Gasteiger partial charge in [0.2, 0.25) is 0 Å². The molecule has 0 aliphatic carbocycles. The molecule has 0 saturated carbocycles. The molecule has 2 fully saturated rings. The first-order chi connectivity index (χ1) is 14.2. The van der Waals surface area contributed by atoms with Crippen LogP contribution in [0, 0.1) is 0 Å². The van der Waals surface area contributed by atoms with Gasteiger partial charge < -0.3 is 4.90 Å². The van der Waals surface area contributed by atoms with Crippen molar-refractivity contribution in [3.8, 4) is 0 Å². The largest absolute Gasteiger partial charge is 0.316 e. The van der Waals surface area contributed by atoms with Gasteiger partial charge in [0.25, 0.3) is 5.91 Å². The Morgan fingerprint density at radius 3 is 2.43 bits per heavy atom. The smallest absolute Gasteiger partial charge is 0.252 e. The molecule has 1 amide bonds. The van der Waals surface area contributed by atoms with Crippen LogP contribution in [0.5, 0.6) is 0 Å². The third kappa shape index (κ3) is 4.58. The summed E-state index contributed by atoms with van der Waals surface area (Å²) in [6.07, 6.45) is 0.176. The molecule has 2 aliphatic rings. The Labute approximate surface area is 186 Å². The second-order valence-electron chi connectivity index (χ2n) is 8.01. The Kier molecular flexibility index (Phi) is 5.97. The minimum Gasteiger partial charge on any atom is -0.316 e. The van der Waals surface area contributed by atoms with Crippen LogP contribution in [-0.2, 0) is 21.1 Å². The lowest BCUT2D eigenvalue weighted by Crippen LogP contribution is -2.37. The summed E-state index contributed by atoms with van der Waals surface area (Å²) in [6.45, 7) is 4.26. The van der Waals surface area contributed by atoms with Crippen molar-refractivity contribution in [1.29, 1.82) is 0 Å². The number of amides is 1. The number of aliphatic imine (C=N–C) groups is 1. The number of nitrogens with zero attached hydrogens (tertiary/aromatic N) is 2. The molecule has 2 atom stereocenters. The van der Waals surface area contributed by atoms with Crippen molar-refractivity contribution in [3.63, 3.8) is 0 Å². The average molecular weight is 463 g/mol. The lowest BCUT2D eigenvalue weighted by molar-refractivity contribution is -0.117. The minimum absolute atomic E-state index is 0.0843. The van der Waals surface area contributed by atoms with Gasteiger partial charge in [-0.05, 0) is 41.3 Å². The van der Waals surface area contributed by atoms with Crippen LogP contribution in [0.1, 0.15) is 30.9 Å². The van der Waals surface area contributed by atoms with E-state index in [0.29, 0.717) is 16.1 Å². The summed E-state index contributed by atoms with van der Waals surface area (Å²) in [4.78, 5) is 19.0. The second kappa shape index (κ2) is 8.36. The van der Waals surface area contributed by atoms with Gasteiger partial charge in [0, 0.05) is 16.0 Å². The number of fused-ring (bicyclic) bond motifs is 1. The van der Waals surface area contributed by atoms with Crippen molar-refractivity contribution in [2.45, 2.75) is 37.5 Å². The zero-order valence-corrected chi connectivity index (χ0v) is 19.2. The number of sulfone groups is 1. The first-order valence-electron chi connectivity index (χ1n) is 9.84. The van der Waals surface area contributed by atoms with Gasteiger partial charge in [-0.2, -0.15) is 4.99 Å². The molecule has 2 unspecified atom stereocenters. The fraction of sp³-hybridized carbons (Fsp3) is 0.364. The number of rotatable bonds is 4. The van der Waals surface area contributed by atoms with E-state index >= 15 is 0 Å². The maximum Gasteiger partial charge on any atom is 0.252 e. The molecule has 2 aliphatic heterocycles. The number of hydrogen-bond acceptors (Lipinski definition) is 4. The Balaban J connectivity index is 1.62. The lowest BCUT2D eigenvalue weighted by Gasteiger charge is -2.25. The van der Waals surface area contributed by atoms with Crippen molar-refractivity contribution >= 4 is 50.0 Å². The Morgan fingerprint density at radius 1 is 1.13 bits per heavy atom. The summed E-state index contributed by atoms with van der Waals surface area (Å²) in [6, 6.07) is 15.0. The number of amidine groups is 1. The van der Waals surface area contributed by atoms with Gasteiger partial charge in [-0.3, -0.25) is 4.79 Å². The van der Waals surface area contributed by atoms with Crippen LogP contribution in [0.2, 0.25) is 5.02 Å². The quantitative estimate of drug-likeness (QED) is 0.677. The lowest BCUT2D eigenvalue weighted by atomic mass is 10.0. The maximum atomic E-state index is 12.6. The van der Waals surface area contributed by atoms with Crippen LogP contribution in [0.4, 0.5) is 5.69 Å². The van der Waals surface area contributed by atoms with E-state index in [4.69, 9.17) is 11.6 Å². The van der Waals surface area contributed by atoms with E-state index in [1.54, 1.807) is 12.1 Å². The molecule has 0 radical (unpaired) electrons. The predicted octanol–water partition coefficient (Wildman–Crippen LogP) is 4.31. The van der Waals surface area contributed by atoms with E-state index in [0.717, 1.165) is 11.3 Å². The van der Waals surface area contributed by atoms with E-state index in [1.165, 1.54) is 17.3 Å². The number of benzene rings is 2. The molecule has 8 heteroatoms. The predicted molar refractivity (Wildman–Crippen MR) is 124 cm³/mol. The van der Waals surface area contributed by atoms with Crippen LogP contribution in [0.3, 0.4) is 0 Å². The summed E-state index contributed by atoms with van der Waals surface area (Å²) in [5, 5.41) is 1.09. The molecular weight excluding hydrogens is 440 g/mol. The molecule has 2 saturated heterocycles. The van der Waals surface area contributed by atoms with Gasteiger partial charge in [-0.1, -0.05) is 61.5 Å². The number of carbonyl (C=O) groups is 1. The molecule has 0 N–H and O–H groups in total. The van der Waals surface area contributed by atoms with Crippen LogP contribution in [-0.4, -0.2) is 42.3 Å². The average Bonchev–Trinajstić information content (AvgIpc) is 3.14. The molecule has 0 spiro atoms. The van der Waals surface area contributed by atoms with E-state index in [9.17, 15) is 13.2 Å². The van der Waals surface area contributed by atoms with Crippen molar-refractivity contribution in [2.24, 2.45) is 4.99 Å². The highest BCUT2D eigenvalue weighted by molar-refractivity contribution is 8.16. The highest BCUT2D eigenvalue weighted by atomic mass is 35.5. The third-order valence-electron chi connectivity index (χ3n) is 5.39. The van der Waals surface area contributed by atoms with Gasteiger partial charge in [-0.15, -0.1) is 0 Å². The molecule has 4 rings (SSSR count). The monoisotopic (exact) mass is 462 g/mol. The summed E-state index contributed by atoms with van der Waals surface area (Å²) in [7, 11) is -3.09. The molecule has 0 aromatic heterocycles. The van der Waals surface area contributed by atoms with Crippen LogP contribution in [0.25, 0.3) is 0 Å². The zero-order chi connectivity index (χ0) is 21.5. The van der Waals surface area contributed by atoms with Gasteiger partial charge in [0.1, 0.15) is 0 Å². The van der Waals surface area contributed by atoms with Crippen LogP contribution < -0.4 is 4.90 Å². The topological polar surface area (TPSA) is 66.8 Å². The summed E-state index contributed by atoms with van der Waals surface area (Å²) < 4.78 is 24.4. The van der Waals surface area contributed by atoms with Crippen molar-refractivity contribution in [1.82, 2.24) is 0 Å². The van der Waals surface area contributed by atoms with Crippen molar-refractivity contribution in [3.05, 3.63) is 64.7 Å². The number of halogens is 1. The van der Waals surface area contributed by atoms with Gasteiger partial charge in [0.15, 0.2) is 15.0 Å². The van der Waals surface area contributed by atoms with Crippen LogP contribution >= 0.6 is 23.4 Å². The molecule has 2 aromatic carbocycles. The first kappa shape index (κ1) is 21.4. The number of carbonyl (C=O) groups excluding carboxylic acids is 1. The van der Waals surface area contributed by atoms with Crippen LogP contribution in [0.15, 0.2) is 53.5 Å². The molecule has 0 bridgehead atoms. The minimum atomic E-state index is -3.09. The van der Waals surface area contributed by atoms with E-state index in [2.05, 4.69) is 31.0 Å². The molecule has 2 heterocycles. The summed E-state index contributed by atoms with van der Waals surface area (Å²) in [5.74, 6) is 0.348. The highest BCUT2D eigenvalue weighted by Crippen LogP contribution is 2.41. The molecule has 5 nitrogen and oxygen atoms in total. The molecule has 30 heavy (non-hydrogen) atoms. The Hall–Kier alpha value is -1.83. The number of anilines is 1. The fourth-order valence-electron chi connectivity index (χ4n) is 3.81. The standard InChI is InChI=1S/C22H23ClN2O3S2/c1-14(2)16-5-9-18(10-6-16)25-19-12-30(27,28)13-20(19)29-22(25)24-21(26)11-15-3-7-17(23)8-4-15/h3-10,14,19-20H,11-13H2,1-2H3.